The molecule has 84 valence electrons. The van der Waals surface area contributed by atoms with E-state index >= 15 is 0 Å². The minimum atomic E-state index is -4.41. The van der Waals surface area contributed by atoms with E-state index in [1.165, 1.54) is 6.92 Å². The van der Waals surface area contributed by atoms with Crippen molar-refractivity contribution in [3.63, 3.8) is 0 Å². The SMILES string of the molecule is Cc1[nH]c(-c2ccccc2)nc1C(F)(F)F. The third-order valence-corrected chi connectivity index (χ3v) is 2.20. The van der Waals surface area contributed by atoms with Crippen LogP contribution in [0.5, 0.6) is 0 Å². The van der Waals surface area contributed by atoms with Gasteiger partial charge in [-0.25, -0.2) is 4.98 Å². The van der Waals surface area contributed by atoms with Gasteiger partial charge < -0.3 is 4.98 Å². The van der Waals surface area contributed by atoms with Gasteiger partial charge >= 0.3 is 6.18 Å². The lowest BCUT2D eigenvalue weighted by atomic mass is 10.2. The predicted molar refractivity (Wildman–Crippen MR) is 53.8 cm³/mol. The number of H-pyrrole nitrogens is 1. The highest BCUT2D eigenvalue weighted by Crippen LogP contribution is 2.31. The molecular weight excluding hydrogens is 217 g/mol. The Morgan fingerprint density at radius 3 is 2.25 bits per heavy atom. The summed E-state index contributed by atoms with van der Waals surface area (Å²) in [6.45, 7) is 1.36. The van der Waals surface area contributed by atoms with E-state index in [0.717, 1.165) is 0 Å². The number of imidazole rings is 1. The van der Waals surface area contributed by atoms with E-state index in [9.17, 15) is 13.2 Å². The van der Waals surface area contributed by atoms with Crippen LogP contribution in [0.25, 0.3) is 11.4 Å². The third-order valence-electron chi connectivity index (χ3n) is 2.20. The summed E-state index contributed by atoms with van der Waals surface area (Å²) in [4.78, 5) is 6.21. The van der Waals surface area contributed by atoms with Crippen molar-refractivity contribution in [3.05, 3.63) is 41.7 Å². The normalized spacial score (nSPS) is 11.8. The quantitative estimate of drug-likeness (QED) is 0.793. The summed E-state index contributed by atoms with van der Waals surface area (Å²) in [5, 5.41) is 0. The Morgan fingerprint density at radius 1 is 1.12 bits per heavy atom. The van der Waals surface area contributed by atoms with Crippen LogP contribution in [0.3, 0.4) is 0 Å². The maximum atomic E-state index is 12.5. The smallest absolute Gasteiger partial charge is 0.342 e. The van der Waals surface area contributed by atoms with Crippen LogP contribution >= 0.6 is 0 Å². The summed E-state index contributed by atoms with van der Waals surface area (Å²) in [6, 6.07) is 8.71. The van der Waals surface area contributed by atoms with Crippen molar-refractivity contribution >= 4 is 0 Å². The molecule has 0 unspecified atom stereocenters. The summed E-state index contributed by atoms with van der Waals surface area (Å²) in [5.74, 6) is 0.241. The summed E-state index contributed by atoms with van der Waals surface area (Å²) in [7, 11) is 0. The molecular formula is C11H9F3N2. The maximum Gasteiger partial charge on any atom is 0.435 e. The first-order chi connectivity index (χ1) is 7.48. The second-order valence-corrected chi connectivity index (χ2v) is 3.42. The number of rotatable bonds is 1. The van der Waals surface area contributed by atoms with Crippen molar-refractivity contribution in [2.24, 2.45) is 0 Å². The largest absolute Gasteiger partial charge is 0.435 e. The zero-order valence-electron chi connectivity index (χ0n) is 8.47. The molecule has 1 N–H and O–H groups in total. The lowest BCUT2D eigenvalue weighted by molar-refractivity contribution is -0.141. The molecule has 1 aromatic heterocycles. The number of hydrogen-bond donors (Lipinski definition) is 1. The van der Waals surface area contributed by atoms with Gasteiger partial charge in [0.25, 0.3) is 0 Å². The number of nitrogens with one attached hydrogen (secondary N) is 1. The minimum absolute atomic E-state index is 0.0337. The highest BCUT2D eigenvalue weighted by molar-refractivity contribution is 5.55. The van der Waals surface area contributed by atoms with Crippen LogP contribution in [0.4, 0.5) is 13.2 Å². The average molecular weight is 226 g/mol. The van der Waals surface area contributed by atoms with Gasteiger partial charge in [0.2, 0.25) is 0 Å². The molecule has 2 nitrogen and oxygen atoms in total. The fourth-order valence-corrected chi connectivity index (χ4v) is 1.47. The van der Waals surface area contributed by atoms with Gasteiger partial charge in [0.1, 0.15) is 5.82 Å². The Bertz CT molecular complexity index is 486. The number of alkyl halides is 3. The monoisotopic (exact) mass is 226 g/mol. The number of nitrogens with zero attached hydrogens (tertiary/aromatic N) is 1. The minimum Gasteiger partial charge on any atom is -0.342 e. The average Bonchev–Trinajstić information content (AvgIpc) is 2.61. The van der Waals surface area contributed by atoms with Crippen molar-refractivity contribution in [2.45, 2.75) is 13.1 Å². The highest BCUT2D eigenvalue weighted by atomic mass is 19.4. The summed E-state index contributed by atoms with van der Waals surface area (Å²) >= 11 is 0. The number of hydrogen-bond acceptors (Lipinski definition) is 1. The molecule has 0 aliphatic heterocycles. The number of aryl methyl sites for hydroxylation is 1. The summed E-state index contributed by atoms with van der Waals surface area (Å²) in [6.07, 6.45) is -4.41. The Hall–Kier alpha value is -1.78. The fourth-order valence-electron chi connectivity index (χ4n) is 1.47. The van der Waals surface area contributed by atoms with Gasteiger partial charge in [0, 0.05) is 11.3 Å². The standard InChI is InChI=1S/C11H9F3N2/c1-7-9(11(12,13)14)16-10(15-7)8-5-3-2-4-6-8/h2-6H,1H3,(H,15,16). The lowest BCUT2D eigenvalue weighted by Crippen LogP contribution is -2.07. The zero-order chi connectivity index (χ0) is 11.8. The first-order valence-corrected chi connectivity index (χ1v) is 4.67. The van der Waals surface area contributed by atoms with Gasteiger partial charge in [-0.1, -0.05) is 30.3 Å². The van der Waals surface area contributed by atoms with E-state index in [4.69, 9.17) is 0 Å². The Labute approximate surface area is 90.1 Å². The molecule has 1 aromatic carbocycles. The van der Waals surface area contributed by atoms with E-state index in [0.29, 0.717) is 5.56 Å². The van der Waals surface area contributed by atoms with Crippen LogP contribution in [0.2, 0.25) is 0 Å². The fraction of sp³-hybridized carbons (Fsp3) is 0.182. The molecule has 2 rings (SSSR count). The predicted octanol–water partition coefficient (Wildman–Crippen LogP) is 3.40. The summed E-state index contributed by atoms with van der Waals surface area (Å²) < 4.78 is 37.5. The maximum absolute atomic E-state index is 12.5. The van der Waals surface area contributed by atoms with Gasteiger partial charge in [-0.3, -0.25) is 0 Å². The molecule has 0 aliphatic rings. The van der Waals surface area contributed by atoms with Crippen molar-refractivity contribution < 1.29 is 13.2 Å². The second kappa shape index (κ2) is 3.66. The van der Waals surface area contributed by atoms with Crippen molar-refractivity contribution in [1.29, 1.82) is 0 Å². The van der Waals surface area contributed by atoms with Gasteiger partial charge in [-0.15, -0.1) is 0 Å². The van der Waals surface area contributed by atoms with Crippen molar-refractivity contribution in [2.75, 3.05) is 0 Å². The molecule has 2 aromatic rings. The Morgan fingerprint density at radius 2 is 1.75 bits per heavy atom. The van der Waals surface area contributed by atoms with E-state index in [2.05, 4.69) is 9.97 Å². The molecule has 5 heteroatoms. The van der Waals surface area contributed by atoms with Gasteiger partial charge in [0.15, 0.2) is 5.69 Å². The molecule has 1 heterocycles. The molecule has 0 atom stereocenters. The van der Waals surface area contributed by atoms with Crippen LogP contribution < -0.4 is 0 Å². The molecule has 16 heavy (non-hydrogen) atoms. The molecule has 0 saturated carbocycles. The first kappa shape index (κ1) is 10.7. The topological polar surface area (TPSA) is 28.7 Å². The van der Waals surface area contributed by atoms with Gasteiger partial charge in [-0.2, -0.15) is 13.2 Å². The zero-order valence-corrected chi connectivity index (χ0v) is 8.47. The molecule has 0 saturated heterocycles. The number of aromatic nitrogens is 2. The lowest BCUT2D eigenvalue weighted by Gasteiger charge is -2.01. The second-order valence-electron chi connectivity index (χ2n) is 3.42. The van der Waals surface area contributed by atoms with Crippen LogP contribution in [0.1, 0.15) is 11.4 Å². The molecule has 0 aliphatic carbocycles. The molecule has 0 amide bonds. The van der Waals surface area contributed by atoms with Crippen LogP contribution in [0.15, 0.2) is 30.3 Å². The number of aromatic amines is 1. The third kappa shape index (κ3) is 1.93. The van der Waals surface area contributed by atoms with Crippen molar-refractivity contribution in [1.82, 2.24) is 9.97 Å². The van der Waals surface area contributed by atoms with Gasteiger partial charge in [0.05, 0.1) is 0 Å². The van der Waals surface area contributed by atoms with E-state index in [1.807, 2.05) is 0 Å². The first-order valence-electron chi connectivity index (χ1n) is 4.67. The van der Waals surface area contributed by atoms with Crippen LogP contribution in [-0.4, -0.2) is 9.97 Å². The van der Waals surface area contributed by atoms with Crippen LogP contribution in [0, 0.1) is 6.92 Å². The molecule has 0 radical (unpaired) electrons. The van der Waals surface area contributed by atoms with E-state index in [-0.39, 0.29) is 11.5 Å². The number of halogens is 3. The summed E-state index contributed by atoms with van der Waals surface area (Å²) in [5.41, 5.74) is -0.182. The van der Waals surface area contributed by atoms with Gasteiger partial charge in [-0.05, 0) is 6.92 Å². The molecule has 0 bridgehead atoms. The Balaban J connectivity index is 2.47. The number of benzene rings is 1. The van der Waals surface area contributed by atoms with E-state index in [1.54, 1.807) is 30.3 Å². The van der Waals surface area contributed by atoms with E-state index < -0.39 is 11.9 Å². The highest BCUT2D eigenvalue weighted by Gasteiger charge is 2.36. The molecule has 0 fully saturated rings. The van der Waals surface area contributed by atoms with Crippen LogP contribution in [-0.2, 0) is 6.18 Å². The molecule has 0 spiro atoms. The Kier molecular flexibility index (Phi) is 2.46. The van der Waals surface area contributed by atoms with Crippen molar-refractivity contribution in [3.8, 4) is 11.4 Å².